The van der Waals surface area contributed by atoms with E-state index in [1.165, 1.54) is 12.3 Å². The quantitative estimate of drug-likeness (QED) is 0.741. The van der Waals surface area contributed by atoms with E-state index in [0.29, 0.717) is 22.2 Å². The Morgan fingerprint density at radius 1 is 0.913 bits per heavy atom. The maximum atomic E-state index is 10.8. The third-order valence-corrected chi connectivity index (χ3v) is 3.46. The Hall–Kier alpha value is -2.85. The van der Waals surface area contributed by atoms with Gasteiger partial charge in [0.05, 0.1) is 11.3 Å². The topological polar surface area (TPSA) is 59.4 Å². The Morgan fingerprint density at radius 3 is 2.04 bits per heavy atom. The average molecular weight is 326 g/mol. The predicted molar refractivity (Wildman–Crippen MR) is 88.2 cm³/mol. The number of pyridine rings is 1. The van der Waals surface area contributed by atoms with E-state index in [1.54, 1.807) is 30.3 Å². The second-order valence-electron chi connectivity index (χ2n) is 4.82. The van der Waals surface area contributed by atoms with E-state index in [9.17, 15) is 4.79 Å². The predicted octanol–water partition coefficient (Wildman–Crippen LogP) is 4.89. The molecular weight excluding hydrogens is 314 g/mol. The highest BCUT2D eigenvalue weighted by molar-refractivity contribution is 6.30. The summed E-state index contributed by atoms with van der Waals surface area (Å²) < 4.78 is 5.72. The van der Waals surface area contributed by atoms with Crippen LogP contribution in [0.4, 0.5) is 0 Å². The molecule has 3 rings (SSSR count). The smallest absolute Gasteiger partial charge is 0.337 e. The molecule has 0 amide bonds. The lowest BCUT2D eigenvalue weighted by Gasteiger charge is -2.07. The summed E-state index contributed by atoms with van der Waals surface area (Å²) in [5.74, 6) is 0.403. The van der Waals surface area contributed by atoms with Crippen LogP contribution < -0.4 is 4.74 Å². The largest absolute Gasteiger partial charge is 0.478 e. The zero-order chi connectivity index (χ0) is 16.2. The van der Waals surface area contributed by atoms with Gasteiger partial charge in [-0.05, 0) is 60.7 Å². The van der Waals surface area contributed by atoms with E-state index in [2.05, 4.69) is 4.98 Å². The Labute approximate surface area is 138 Å². The first-order valence-corrected chi connectivity index (χ1v) is 7.23. The minimum Gasteiger partial charge on any atom is -0.478 e. The van der Waals surface area contributed by atoms with Gasteiger partial charge in [-0.25, -0.2) is 4.79 Å². The molecule has 1 aromatic heterocycles. The Morgan fingerprint density at radius 2 is 1.52 bits per heavy atom. The first kappa shape index (κ1) is 15.1. The van der Waals surface area contributed by atoms with Crippen LogP contribution in [0.25, 0.3) is 11.3 Å². The molecule has 0 atom stereocenters. The molecule has 3 aromatic rings. The van der Waals surface area contributed by atoms with E-state index in [0.717, 1.165) is 5.56 Å². The van der Waals surface area contributed by atoms with E-state index in [4.69, 9.17) is 21.4 Å². The molecule has 0 spiro atoms. The van der Waals surface area contributed by atoms with E-state index < -0.39 is 5.97 Å². The second-order valence-corrected chi connectivity index (χ2v) is 5.25. The van der Waals surface area contributed by atoms with Crippen LogP contribution in [0.2, 0.25) is 5.02 Å². The average Bonchev–Trinajstić information content (AvgIpc) is 2.58. The van der Waals surface area contributed by atoms with Crippen LogP contribution in [0.5, 0.6) is 11.5 Å². The van der Waals surface area contributed by atoms with Gasteiger partial charge in [0.2, 0.25) is 0 Å². The van der Waals surface area contributed by atoms with Crippen molar-refractivity contribution in [2.24, 2.45) is 0 Å². The number of ether oxygens (including phenoxy) is 1. The third kappa shape index (κ3) is 3.67. The highest BCUT2D eigenvalue weighted by Gasteiger charge is 2.05. The van der Waals surface area contributed by atoms with Crippen molar-refractivity contribution < 1.29 is 14.6 Å². The fraction of sp³-hybridized carbons (Fsp3) is 0. The standard InChI is InChI=1S/C18H12ClNO3/c19-14-4-8-16(9-5-14)23-15-6-1-12(2-7-15)17-10-3-13(11-20-17)18(21)22/h1-11H,(H,21,22). The summed E-state index contributed by atoms with van der Waals surface area (Å²) in [5, 5.41) is 9.53. The van der Waals surface area contributed by atoms with E-state index in [-0.39, 0.29) is 5.56 Å². The van der Waals surface area contributed by atoms with Crippen LogP contribution >= 0.6 is 11.6 Å². The third-order valence-electron chi connectivity index (χ3n) is 3.21. The SMILES string of the molecule is O=C(O)c1ccc(-c2ccc(Oc3ccc(Cl)cc3)cc2)nc1. The summed E-state index contributed by atoms with van der Waals surface area (Å²) in [6, 6.07) is 17.7. The van der Waals surface area contributed by atoms with Crippen molar-refractivity contribution in [3.63, 3.8) is 0 Å². The van der Waals surface area contributed by atoms with Gasteiger partial charge in [0.1, 0.15) is 11.5 Å². The number of nitrogens with zero attached hydrogens (tertiary/aromatic N) is 1. The number of hydrogen-bond acceptors (Lipinski definition) is 3. The molecule has 114 valence electrons. The first-order chi connectivity index (χ1) is 11.1. The molecule has 0 aliphatic heterocycles. The van der Waals surface area contributed by atoms with Crippen molar-refractivity contribution in [3.8, 4) is 22.8 Å². The number of carbonyl (C=O) groups is 1. The number of hydrogen-bond donors (Lipinski definition) is 1. The van der Waals surface area contributed by atoms with Gasteiger partial charge < -0.3 is 9.84 Å². The van der Waals surface area contributed by atoms with Crippen LogP contribution in [0.3, 0.4) is 0 Å². The fourth-order valence-electron chi connectivity index (χ4n) is 2.02. The minimum atomic E-state index is -0.990. The van der Waals surface area contributed by atoms with Gasteiger partial charge in [-0.2, -0.15) is 0 Å². The summed E-state index contributed by atoms with van der Waals surface area (Å²) in [6.45, 7) is 0. The number of carboxylic acid groups (broad SMARTS) is 1. The first-order valence-electron chi connectivity index (χ1n) is 6.85. The maximum absolute atomic E-state index is 10.8. The molecule has 0 unspecified atom stereocenters. The van der Waals surface area contributed by atoms with Crippen molar-refractivity contribution in [1.29, 1.82) is 0 Å². The van der Waals surface area contributed by atoms with Crippen molar-refractivity contribution in [3.05, 3.63) is 77.4 Å². The van der Waals surface area contributed by atoms with E-state index in [1.807, 2.05) is 24.3 Å². The van der Waals surface area contributed by atoms with Gasteiger partial charge in [-0.3, -0.25) is 4.98 Å². The normalized spacial score (nSPS) is 10.3. The van der Waals surface area contributed by atoms with Crippen LogP contribution in [0, 0.1) is 0 Å². The number of benzene rings is 2. The van der Waals surface area contributed by atoms with Gasteiger partial charge in [0, 0.05) is 16.8 Å². The van der Waals surface area contributed by atoms with Crippen molar-refractivity contribution in [2.45, 2.75) is 0 Å². The Balaban J connectivity index is 1.76. The van der Waals surface area contributed by atoms with Crippen molar-refractivity contribution in [1.82, 2.24) is 4.98 Å². The highest BCUT2D eigenvalue weighted by atomic mass is 35.5. The number of aromatic carboxylic acids is 1. The summed E-state index contributed by atoms with van der Waals surface area (Å²) in [6.07, 6.45) is 1.34. The van der Waals surface area contributed by atoms with E-state index >= 15 is 0 Å². The van der Waals surface area contributed by atoms with Crippen molar-refractivity contribution in [2.75, 3.05) is 0 Å². The molecule has 0 aliphatic rings. The maximum Gasteiger partial charge on any atom is 0.337 e. The van der Waals surface area contributed by atoms with Crippen LogP contribution in [-0.2, 0) is 0 Å². The Kier molecular flexibility index (Phi) is 4.26. The lowest BCUT2D eigenvalue weighted by atomic mass is 10.1. The zero-order valence-corrected chi connectivity index (χ0v) is 12.7. The zero-order valence-electron chi connectivity index (χ0n) is 11.9. The van der Waals surface area contributed by atoms with Crippen LogP contribution in [0.1, 0.15) is 10.4 Å². The molecule has 5 heteroatoms. The fourth-order valence-corrected chi connectivity index (χ4v) is 2.15. The van der Waals surface area contributed by atoms with Gasteiger partial charge in [0.25, 0.3) is 0 Å². The molecule has 0 bridgehead atoms. The number of carboxylic acids is 1. The molecule has 0 saturated carbocycles. The molecule has 2 aromatic carbocycles. The van der Waals surface area contributed by atoms with Crippen LogP contribution in [0.15, 0.2) is 66.9 Å². The van der Waals surface area contributed by atoms with Gasteiger partial charge in [-0.1, -0.05) is 11.6 Å². The van der Waals surface area contributed by atoms with Crippen molar-refractivity contribution >= 4 is 17.6 Å². The molecule has 23 heavy (non-hydrogen) atoms. The number of rotatable bonds is 4. The summed E-state index contributed by atoms with van der Waals surface area (Å²) in [4.78, 5) is 15.0. The Bertz CT molecular complexity index is 812. The summed E-state index contributed by atoms with van der Waals surface area (Å²) in [7, 11) is 0. The summed E-state index contributed by atoms with van der Waals surface area (Å²) >= 11 is 5.83. The molecule has 0 fully saturated rings. The monoisotopic (exact) mass is 325 g/mol. The molecule has 0 aliphatic carbocycles. The number of aromatic nitrogens is 1. The minimum absolute atomic E-state index is 0.163. The van der Waals surface area contributed by atoms with Crippen LogP contribution in [-0.4, -0.2) is 16.1 Å². The molecule has 0 radical (unpaired) electrons. The molecule has 1 heterocycles. The lowest BCUT2D eigenvalue weighted by Crippen LogP contribution is -1.97. The second kappa shape index (κ2) is 6.50. The van der Waals surface area contributed by atoms with Gasteiger partial charge in [-0.15, -0.1) is 0 Å². The number of halogens is 1. The highest BCUT2D eigenvalue weighted by Crippen LogP contribution is 2.26. The van der Waals surface area contributed by atoms with Gasteiger partial charge >= 0.3 is 5.97 Å². The molecular formula is C18H12ClNO3. The summed E-state index contributed by atoms with van der Waals surface area (Å²) in [5.41, 5.74) is 1.75. The molecule has 0 saturated heterocycles. The molecule has 4 nitrogen and oxygen atoms in total. The lowest BCUT2D eigenvalue weighted by molar-refractivity contribution is 0.0696. The molecule has 1 N–H and O–H groups in total. The van der Waals surface area contributed by atoms with Gasteiger partial charge in [0.15, 0.2) is 0 Å².